The highest BCUT2D eigenvalue weighted by molar-refractivity contribution is 7.83. The van der Waals surface area contributed by atoms with Crippen molar-refractivity contribution >= 4 is 11.0 Å². The number of benzene rings is 1. The van der Waals surface area contributed by atoms with Gasteiger partial charge in [-0.05, 0) is 37.0 Å². The van der Waals surface area contributed by atoms with Crippen molar-refractivity contribution in [3.63, 3.8) is 0 Å². The molecule has 0 spiro atoms. The molecule has 18 heavy (non-hydrogen) atoms. The van der Waals surface area contributed by atoms with Crippen LogP contribution in [0.15, 0.2) is 24.3 Å². The normalized spacial score (nSPS) is 17.2. The fourth-order valence-electron chi connectivity index (χ4n) is 1.73. The van der Waals surface area contributed by atoms with Gasteiger partial charge in [-0.2, -0.15) is 13.2 Å². The summed E-state index contributed by atoms with van der Waals surface area (Å²) in [5.41, 5.74) is 0.134. The van der Waals surface area contributed by atoms with Gasteiger partial charge < -0.3 is 0 Å². The average molecular weight is 279 g/mol. The molecule has 0 aliphatic carbocycles. The number of nitrogens with two attached hydrogens (primary N) is 1. The fourth-order valence-corrected chi connectivity index (χ4v) is 2.21. The minimum Gasteiger partial charge on any atom is -0.252 e. The second-order valence-electron chi connectivity index (χ2n) is 4.40. The molecule has 0 heterocycles. The van der Waals surface area contributed by atoms with Crippen LogP contribution in [0.1, 0.15) is 37.3 Å². The van der Waals surface area contributed by atoms with Gasteiger partial charge in [0.05, 0.1) is 16.5 Å². The number of hydrogen-bond donors (Lipinski definition) is 1. The van der Waals surface area contributed by atoms with Crippen molar-refractivity contribution in [3.05, 3.63) is 35.4 Å². The van der Waals surface area contributed by atoms with Gasteiger partial charge in [0.1, 0.15) is 0 Å². The van der Waals surface area contributed by atoms with Crippen molar-refractivity contribution in [2.45, 2.75) is 37.6 Å². The minimum atomic E-state index is -4.31. The highest BCUT2D eigenvalue weighted by atomic mass is 32.2. The van der Waals surface area contributed by atoms with E-state index >= 15 is 0 Å². The van der Waals surface area contributed by atoms with E-state index in [0.29, 0.717) is 6.42 Å². The maximum absolute atomic E-state index is 12.4. The van der Waals surface area contributed by atoms with Gasteiger partial charge in [0.2, 0.25) is 0 Å². The zero-order valence-electron chi connectivity index (χ0n) is 10.2. The molecule has 0 aromatic heterocycles. The van der Waals surface area contributed by atoms with Crippen LogP contribution < -0.4 is 5.14 Å². The van der Waals surface area contributed by atoms with Crippen LogP contribution in [-0.4, -0.2) is 9.46 Å². The molecule has 3 unspecified atom stereocenters. The smallest absolute Gasteiger partial charge is 0.252 e. The lowest BCUT2D eigenvalue weighted by Gasteiger charge is -2.16. The summed E-state index contributed by atoms with van der Waals surface area (Å²) in [6.07, 6.45) is -3.73. The molecule has 0 saturated heterocycles. The highest BCUT2D eigenvalue weighted by Crippen LogP contribution is 2.31. The molecule has 6 heteroatoms. The molecule has 102 valence electrons. The summed E-state index contributed by atoms with van der Waals surface area (Å²) in [6, 6.07) is 5.05. The first-order chi connectivity index (χ1) is 8.21. The number of halogens is 3. The largest absolute Gasteiger partial charge is 0.416 e. The molecule has 3 atom stereocenters. The maximum Gasteiger partial charge on any atom is 0.416 e. The predicted molar refractivity (Wildman–Crippen MR) is 66.3 cm³/mol. The summed E-state index contributed by atoms with van der Waals surface area (Å²) in [7, 11) is -1.40. The lowest BCUT2D eigenvalue weighted by Crippen LogP contribution is -2.20. The van der Waals surface area contributed by atoms with E-state index in [9.17, 15) is 17.4 Å². The highest BCUT2D eigenvalue weighted by Gasteiger charge is 2.30. The minimum absolute atomic E-state index is 0.0229. The molecule has 0 fully saturated rings. The molecule has 2 N–H and O–H groups in total. The molecule has 1 aromatic rings. The van der Waals surface area contributed by atoms with Crippen LogP contribution in [0.3, 0.4) is 0 Å². The topological polar surface area (TPSA) is 43.1 Å². The summed E-state index contributed by atoms with van der Waals surface area (Å²) >= 11 is 0. The summed E-state index contributed by atoms with van der Waals surface area (Å²) in [5.74, 6) is 0.0229. The third-order valence-electron chi connectivity index (χ3n) is 2.89. The van der Waals surface area contributed by atoms with Crippen molar-refractivity contribution in [3.8, 4) is 0 Å². The van der Waals surface area contributed by atoms with Gasteiger partial charge in [-0.3, -0.25) is 5.14 Å². The van der Waals surface area contributed by atoms with Gasteiger partial charge in [-0.25, -0.2) is 4.21 Å². The Morgan fingerprint density at radius 1 is 1.22 bits per heavy atom. The molecule has 0 aliphatic heterocycles. The molecule has 0 bridgehead atoms. The van der Waals surface area contributed by atoms with Crippen LogP contribution in [0, 0.1) is 0 Å². The Hall–Kier alpha value is -0.880. The van der Waals surface area contributed by atoms with E-state index in [1.54, 1.807) is 6.92 Å². The van der Waals surface area contributed by atoms with Gasteiger partial charge in [-0.1, -0.05) is 19.1 Å². The first-order valence-electron chi connectivity index (χ1n) is 5.54. The monoisotopic (exact) mass is 279 g/mol. The molecule has 0 saturated carbocycles. The van der Waals surface area contributed by atoms with Crippen molar-refractivity contribution in [1.82, 2.24) is 0 Å². The van der Waals surface area contributed by atoms with E-state index in [2.05, 4.69) is 0 Å². The van der Waals surface area contributed by atoms with Crippen LogP contribution in [0.2, 0.25) is 0 Å². The third-order valence-corrected chi connectivity index (χ3v) is 3.87. The van der Waals surface area contributed by atoms with Crippen LogP contribution in [0.4, 0.5) is 13.2 Å². The SMILES string of the molecule is CC(CC(C)S(N)=O)c1ccc(C(F)(F)F)cc1. The van der Waals surface area contributed by atoms with Crippen molar-refractivity contribution < 1.29 is 17.4 Å². The molecule has 2 nitrogen and oxygen atoms in total. The lowest BCUT2D eigenvalue weighted by atomic mass is 9.95. The summed E-state index contributed by atoms with van der Waals surface area (Å²) in [5, 5.41) is 5.09. The zero-order valence-corrected chi connectivity index (χ0v) is 11.0. The Morgan fingerprint density at radius 2 is 1.72 bits per heavy atom. The van der Waals surface area contributed by atoms with Crippen molar-refractivity contribution in [1.29, 1.82) is 0 Å². The van der Waals surface area contributed by atoms with Gasteiger partial charge in [0.15, 0.2) is 0 Å². The first kappa shape index (κ1) is 15.2. The molecule has 1 aromatic carbocycles. The average Bonchev–Trinajstić information content (AvgIpc) is 2.27. The Balaban J connectivity index is 2.76. The van der Waals surface area contributed by atoms with Gasteiger partial charge in [-0.15, -0.1) is 0 Å². The lowest BCUT2D eigenvalue weighted by molar-refractivity contribution is -0.137. The van der Waals surface area contributed by atoms with E-state index in [1.165, 1.54) is 12.1 Å². The number of rotatable bonds is 4. The second-order valence-corrected chi connectivity index (χ2v) is 5.86. The summed E-state index contributed by atoms with van der Waals surface area (Å²) < 4.78 is 48.2. The Bertz CT molecular complexity index is 416. The molecular weight excluding hydrogens is 263 g/mol. The van der Waals surface area contributed by atoms with Crippen molar-refractivity contribution in [2.75, 3.05) is 0 Å². The van der Waals surface area contributed by atoms with E-state index in [4.69, 9.17) is 5.14 Å². The Kier molecular flexibility index (Phi) is 4.92. The fraction of sp³-hybridized carbons (Fsp3) is 0.500. The van der Waals surface area contributed by atoms with Crippen LogP contribution >= 0.6 is 0 Å². The third kappa shape index (κ3) is 4.10. The molecule has 1 rings (SSSR count). The molecular formula is C12H16F3NOS. The van der Waals surface area contributed by atoms with Crippen molar-refractivity contribution in [2.24, 2.45) is 5.14 Å². The Morgan fingerprint density at radius 3 is 2.11 bits per heavy atom. The predicted octanol–water partition coefficient (Wildman–Crippen LogP) is 3.21. The molecule has 0 radical (unpaired) electrons. The van der Waals surface area contributed by atoms with Gasteiger partial charge >= 0.3 is 6.18 Å². The molecule has 0 amide bonds. The van der Waals surface area contributed by atoms with Gasteiger partial charge in [0, 0.05) is 5.25 Å². The van der Waals surface area contributed by atoms with Gasteiger partial charge in [0.25, 0.3) is 0 Å². The zero-order chi connectivity index (χ0) is 13.9. The maximum atomic E-state index is 12.4. The Labute approximate surface area is 107 Å². The van der Waals surface area contributed by atoms with Crippen LogP contribution in [0.25, 0.3) is 0 Å². The van der Waals surface area contributed by atoms with E-state index in [-0.39, 0.29) is 11.2 Å². The van der Waals surface area contributed by atoms with E-state index < -0.39 is 22.7 Å². The van der Waals surface area contributed by atoms with E-state index in [1.807, 2.05) is 6.92 Å². The summed E-state index contributed by atoms with van der Waals surface area (Å²) in [4.78, 5) is 0. The van der Waals surface area contributed by atoms with Crippen LogP contribution in [-0.2, 0) is 17.2 Å². The van der Waals surface area contributed by atoms with E-state index in [0.717, 1.165) is 17.7 Å². The number of alkyl halides is 3. The second kappa shape index (κ2) is 5.84. The number of hydrogen-bond acceptors (Lipinski definition) is 1. The molecule has 0 aliphatic rings. The van der Waals surface area contributed by atoms with Crippen LogP contribution in [0.5, 0.6) is 0 Å². The standard InChI is InChI=1S/C12H16F3NOS/c1-8(7-9(2)18(16)17)10-3-5-11(6-4-10)12(13,14)15/h3-6,8-9H,7,16H2,1-2H3. The summed E-state index contributed by atoms with van der Waals surface area (Å²) in [6.45, 7) is 3.64. The quantitative estimate of drug-likeness (QED) is 0.903. The first-order valence-corrected chi connectivity index (χ1v) is 6.81.